The average Bonchev–Trinajstić information content (AvgIpc) is 2.91. The molecule has 3 nitrogen and oxygen atoms in total. The van der Waals surface area contributed by atoms with E-state index in [0.29, 0.717) is 11.2 Å². The molecule has 2 aromatic carbocycles. The van der Waals surface area contributed by atoms with Crippen molar-refractivity contribution in [1.82, 2.24) is 10.3 Å². The molecule has 1 atom stereocenters. The molecule has 1 amide bonds. The van der Waals surface area contributed by atoms with Gasteiger partial charge in [0.2, 0.25) is 0 Å². The SMILES string of the molecule is CC(NC(=O)c1cc2ccc(F)cc2[nH]1)c1ccccc1. The van der Waals surface area contributed by atoms with Gasteiger partial charge in [0.15, 0.2) is 0 Å². The van der Waals surface area contributed by atoms with Crippen LogP contribution in [0.2, 0.25) is 0 Å². The second kappa shape index (κ2) is 5.40. The van der Waals surface area contributed by atoms with Crippen molar-refractivity contribution in [1.29, 1.82) is 0 Å². The molecule has 1 aromatic heterocycles. The number of benzene rings is 2. The Labute approximate surface area is 121 Å². The van der Waals surface area contributed by atoms with E-state index in [9.17, 15) is 9.18 Å². The van der Waals surface area contributed by atoms with E-state index >= 15 is 0 Å². The predicted octanol–water partition coefficient (Wildman–Crippen LogP) is 3.80. The number of H-pyrrole nitrogens is 1. The standard InChI is InChI=1S/C17H15FN2O/c1-11(12-5-3-2-4-6-12)19-17(21)16-9-13-7-8-14(18)10-15(13)20-16/h2-11,20H,1H3,(H,19,21). The summed E-state index contributed by atoms with van der Waals surface area (Å²) in [4.78, 5) is 15.2. The summed E-state index contributed by atoms with van der Waals surface area (Å²) in [6.07, 6.45) is 0. The minimum absolute atomic E-state index is 0.0955. The summed E-state index contributed by atoms with van der Waals surface area (Å²) in [5, 5.41) is 3.74. The number of aromatic nitrogens is 1. The average molecular weight is 282 g/mol. The van der Waals surface area contributed by atoms with Gasteiger partial charge in [-0.15, -0.1) is 0 Å². The lowest BCUT2D eigenvalue weighted by molar-refractivity contribution is 0.0935. The Kier molecular flexibility index (Phi) is 3.44. The summed E-state index contributed by atoms with van der Waals surface area (Å²) in [5.74, 6) is -0.531. The number of carbonyl (C=O) groups is 1. The van der Waals surface area contributed by atoms with Crippen LogP contribution >= 0.6 is 0 Å². The highest BCUT2D eigenvalue weighted by Crippen LogP contribution is 2.18. The van der Waals surface area contributed by atoms with E-state index in [0.717, 1.165) is 10.9 Å². The summed E-state index contributed by atoms with van der Waals surface area (Å²) in [6, 6.07) is 15.8. The topological polar surface area (TPSA) is 44.9 Å². The third-order valence-corrected chi connectivity index (χ3v) is 3.48. The first-order valence-electron chi connectivity index (χ1n) is 6.77. The molecule has 0 radical (unpaired) electrons. The largest absolute Gasteiger partial charge is 0.350 e. The van der Waals surface area contributed by atoms with Crippen molar-refractivity contribution in [3.8, 4) is 0 Å². The molecule has 0 aliphatic carbocycles. The fraction of sp³-hybridized carbons (Fsp3) is 0.118. The zero-order valence-electron chi connectivity index (χ0n) is 11.6. The highest BCUT2D eigenvalue weighted by atomic mass is 19.1. The fourth-order valence-electron chi connectivity index (χ4n) is 2.32. The van der Waals surface area contributed by atoms with E-state index in [4.69, 9.17) is 0 Å². The van der Waals surface area contributed by atoms with Crippen molar-refractivity contribution in [2.45, 2.75) is 13.0 Å². The molecule has 2 N–H and O–H groups in total. The van der Waals surface area contributed by atoms with Gasteiger partial charge in [0.25, 0.3) is 5.91 Å². The van der Waals surface area contributed by atoms with Gasteiger partial charge in [-0.25, -0.2) is 4.39 Å². The molecule has 1 heterocycles. The van der Waals surface area contributed by atoms with Gasteiger partial charge in [0.05, 0.1) is 6.04 Å². The number of hydrogen-bond donors (Lipinski definition) is 2. The van der Waals surface area contributed by atoms with Crippen LogP contribution in [-0.2, 0) is 0 Å². The molecule has 0 saturated heterocycles. The quantitative estimate of drug-likeness (QED) is 0.754. The molecule has 3 rings (SSSR count). The molecule has 0 aliphatic rings. The van der Waals surface area contributed by atoms with E-state index in [-0.39, 0.29) is 17.8 Å². The van der Waals surface area contributed by atoms with Gasteiger partial charge in [0.1, 0.15) is 11.5 Å². The molecule has 0 fully saturated rings. The predicted molar refractivity (Wildman–Crippen MR) is 80.6 cm³/mol. The summed E-state index contributed by atoms with van der Waals surface area (Å²) in [7, 11) is 0. The number of amides is 1. The van der Waals surface area contributed by atoms with Crippen molar-refractivity contribution < 1.29 is 9.18 Å². The number of carbonyl (C=O) groups excluding carboxylic acids is 1. The smallest absolute Gasteiger partial charge is 0.268 e. The van der Waals surface area contributed by atoms with Crippen molar-refractivity contribution in [3.05, 3.63) is 71.7 Å². The molecular weight excluding hydrogens is 267 g/mol. The van der Waals surface area contributed by atoms with Gasteiger partial charge in [-0.1, -0.05) is 30.3 Å². The number of nitrogens with one attached hydrogen (secondary N) is 2. The Morgan fingerprint density at radius 1 is 1.14 bits per heavy atom. The number of halogens is 1. The summed E-state index contributed by atoms with van der Waals surface area (Å²) in [5.41, 5.74) is 2.08. The fourth-order valence-corrected chi connectivity index (χ4v) is 2.32. The van der Waals surface area contributed by atoms with Gasteiger partial charge in [-0.05, 0) is 36.8 Å². The first-order chi connectivity index (χ1) is 10.1. The van der Waals surface area contributed by atoms with Gasteiger partial charge in [-0.2, -0.15) is 0 Å². The Bertz CT molecular complexity index is 780. The lowest BCUT2D eigenvalue weighted by Gasteiger charge is -2.13. The van der Waals surface area contributed by atoms with Crippen LogP contribution in [0.3, 0.4) is 0 Å². The molecule has 0 spiro atoms. The van der Waals surface area contributed by atoms with E-state index in [1.165, 1.54) is 12.1 Å². The maximum absolute atomic E-state index is 13.2. The monoisotopic (exact) mass is 282 g/mol. The Balaban J connectivity index is 1.80. The van der Waals surface area contributed by atoms with Crippen LogP contribution in [0.25, 0.3) is 10.9 Å². The number of aromatic amines is 1. The lowest BCUT2D eigenvalue weighted by Crippen LogP contribution is -2.26. The van der Waals surface area contributed by atoms with Crippen LogP contribution in [0.15, 0.2) is 54.6 Å². The zero-order valence-corrected chi connectivity index (χ0v) is 11.6. The first-order valence-corrected chi connectivity index (χ1v) is 6.77. The molecule has 1 unspecified atom stereocenters. The highest BCUT2D eigenvalue weighted by molar-refractivity contribution is 5.98. The summed E-state index contributed by atoms with van der Waals surface area (Å²) >= 11 is 0. The minimum Gasteiger partial charge on any atom is -0.350 e. The Morgan fingerprint density at radius 2 is 1.90 bits per heavy atom. The van der Waals surface area contributed by atoms with Crippen molar-refractivity contribution in [2.24, 2.45) is 0 Å². The van der Waals surface area contributed by atoms with Gasteiger partial charge < -0.3 is 10.3 Å². The van der Waals surface area contributed by atoms with Crippen LogP contribution in [0.4, 0.5) is 4.39 Å². The first kappa shape index (κ1) is 13.4. The lowest BCUT2D eigenvalue weighted by atomic mass is 10.1. The molecule has 0 bridgehead atoms. The molecule has 4 heteroatoms. The normalized spacial score (nSPS) is 12.3. The summed E-state index contributed by atoms with van der Waals surface area (Å²) in [6.45, 7) is 1.93. The second-order valence-electron chi connectivity index (χ2n) is 5.02. The number of rotatable bonds is 3. The molecular formula is C17H15FN2O. The second-order valence-corrected chi connectivity index (χ2v) is 5.02. The maximum atomic E-state index is 13.2. The van der Waals surface area contributed by atoms with E-state index in [1.54, 1.807) is 12.1 Å². The van der Waals surface area contributed by atoms with E-state index < -0.39 is 0 Å². The van der Waals surface area contributed by atoms with Crippen LogP contribution in [0.1, 0.15) is 29.0 Å². The molecule has 0 aliphatic heterocycles. The molecule has 0 saturated carbocycles. The number of hydrogen-bond acceptors (Lipinski definition) is 1. The Hall–Kier alpha value is -2.62. The van der Waals surface area contributed by atoms with Crippen LogP contribution in [0, 0.1) is 5.82 Å². The molecule has 21 heavy (non-hydrogen) atoms. The van der Waals surface area contributed by atoms with Crippen molar-refractivity contribution in [2.75, 3.05) is 0 Å². The molecule has 3 aromatic rings. The van der Waals surface area contributed by atoms with E-state index in [2.05, 4.69) is 10.3 Å². The third-order valence-electron chi connectivity index (χ3n) is 3.48. The van der Waals surface area contributed by atoms with Crippen molar-refractivity contribution >= 4 is 16.8 Å². The summed E-state index contributed by atoms with van der Waals surface area (Å²) < 4.78 is 13.2. The highest BCUT2D eigenvalue weighted by Gasteiger charge is 2.13. The molecule has 106 valence electrons. The maximum Gasteiger partial charge on any atom is 0.268 e. The van der Waals surface area contributed by atoms with Gasteiger partial charge in [-0.3, -0.25) is 4.79 Å². The van der Waals surface area contributed by atoms with E-state index in [1.807, 2.05) is 37.3 Å². The zero-order chi connectivity index (χ0) is 14.8. The Morgan fingerprint density at radius 3 is 2.67 bits per heavy atom. The van der Waals surface area contributed by atoms with Gasteiger partial charge >= 0.3 is 0 Å². The van der Waals surface area contributed by atoms with Crippen LogP contribution in [-0.4, -0.2) is 10.9 Å². The van der Waals surface area contributed by atoms with Crippen LogP contribution in [0.5, 0.6) is 0 Å². The minimum atomic E-state index is -0.325. The van der Waals surface area contributed by atoms with Crippen LogP contribution < -0.4 is 5.32 Å². The number of fused-ring (bicyclic) bond motifs is 1. The third kappa shape index (κ3) is 2.79. The van der Waals surface area contributed by atoms with Gasteiger partial charge in [0, 0.05) is 10.9 Å². The van der Waals surface area contributed by atoms with Crippen molar-refractivity contribution in [3.63, 3.8) is 0 Å².